The van der Waals surface area contributed by atoms with Crippen molar-refractivity contribution in [2.75, 3.05) is 26.8 Å². The van der Waals surface area contributed by atoms with Gasteiger partial charge < -0.3 is 14.8 Å². The smallest absolute Gasteiger partial charge is 0.0763 e. The Kier molecular flexibility index (Phi) is 6.69. The zero-order valence-corrected chi connectivity index (χ0v) is 10.8. The van der Waals surface area contributed by atoms with Crippen molar-refractivity contribution in [3.05, 3.63) is 11.6 Å². The lowest BCUT2D eigenvalue weighted by Crippen LogP contribution is -2.22. The lowest BCUT2D eigenvalue weighted by Gasteiger charge is -2.11. The minimum atomic E-state index is 0.342. The predicted octanol–water partition coefficient (Wildman–Crippen LogP) is 2.13. The average Bonchev–Trinajstić information content (AvgIpc) is 2.68. The molecule has 1 fully saturated rings. The maximum Gasteiger partial charge on any atom is 0.0763 e. The lowest BCUT2D eigenvalue weighted by molar-refractivity contribution is 0.0827. The molecule has 0 aromatic carbocycles. The first kappa shape index (κ1) is 13.7. The quantitative estimate of drug-likeness (QED) is 0.534. The van der Waals surface area contributed by atoms with Crippen LogP contribution in [0.3, 0.4) is 0 Å². The summed E-state index contributed by atoms with van der Waals surface area (Å²) in [4.78, 5) is 0. The molecule has 3 nitrogen and oxygen atoms in total. The molecular formula is C13H25NO2. The van der Waals surface area contributed by atoms with Crippen LogP contribution in [0.15, 0.2) is 11.6 Å². The van der Waals surface area contributed by atoms with Crippen LogP contribution in [0.2, 0.25) is 0 Å². The Bertz CT molecular complexity index is 216. The summed E-state index contributed by atoms with van der Waals surface area (Å²) in [6, 6.07) is 0. The molecule has 0 amide bonds. The number of nitrogens with one attached hydrogen (secondary N) is 1. The molecule has 0 saturated carbocycles. The van der Waals surface area contributed by atoms with E-state index < -0.39 is 0 Å². The summed E-state index contributed by atoms with van der Waals surface area (Å²) in [6.45, 7) is 6.98. The van der Waals surface area contributed by atoms with Gasteiger partial charge in [0.15, 0.2) is 0 Å². The van der Waals surface area contributed by atoms with Crippen molar-refractivity contribution in [1.82, 2.24) is 5.32 Å². The van der Waals surface area contributed by atoms with Crippen LogP contribution >= 0.6 is 0 Å². The fourth-order valence-corrected chi connectivity index (χ4v) is 1.94. The third-order valence-corrected chi connectivity index (χ3v) is 2.98. The van der Waals surface area contributed by atoms with Crippen molar-refractivity contribution in [2.45, 2.75) is 45.3 Å². The fraction of sp³-hybridized carbons (Fsp3) is 0.846. The van der Waals surface area contributed by atoms with Crippen LogP contribution in [0.25, 0.3) is 0 Å². The maximum absolute atomic E-state index is 5.79. The fourth-order valence-electron chi connectivity index (χ4n) is 1.94. The summed E-state index contributed by atoms with van der Waals surface area (Å²) in [5.41, 5.74) is 1.44. The topological polar surface area (TPSA) is 30.5 Å². The van der Waals surface area contributed by atoms with Gasteiger partial charge in [-0.1, -0.05) is 18.6 Å². The van der Waals surface area contributed by atoms with Crippen LogP contribution in [-0.4, -0.2) is 39.0 Å². The van der Waals surface area contributed by atoms with Crippen molar-refractivity contribution in [3.8, 4) is 0 Å². The zero-order valence-electron chi connectivity index (χ0n) is 10.8. The molecule has 3 heteroatoms. The van der Waals surface area contributed by atoms with E-state index in [0.29, 0.717) is 12.2 Å². The summed E-state index contributed by atoms with van der Waals surface area (Å²) in [7, 11) is 1.73. The van der Waals surface area contributed by atoms with Gasteiger partial charge in [-0.05, 0) is 26.2 Å². The highest BCUT2D eigenvalue weighted by Gasteiger charge is 2.19. The summed E-state index contributed by atoms with van der Waals surface area (Å²) >= 11 is 0. The van der Waals surface area contributed by atoms with Gasteiger partial charge in [0.1, 0.15) is 0 Å². The van der Waals surface area contributed by atoms with Crippen molar-refractivity contribution in [1.29, 1.82) is 0 Å². The molecule has 0 aromatic rings. The van der Waals surface area contributed by atoms with Crippen molar-refractivity contribution >= 4 is 0 Å². The van der Waals surface area contributed by atoms with Gasteiger partial charge in [0.05, 0.1) is 18.8 Å². The maximum atomic E-state index is 5.79. The van der Waals surface area contributed by atoms with Crippen LogP contribution in [0.4, 0.5) is 0 Å². The number of rotatable bonds is 7. The number of hydrogen-bond acceptors (Lipinski definition) is 3. The van der Waals surface area contributed by atoms with Gasteiger partial charge in [-0.25, -0.2) is 0 Å². The van der Waals surface area contributed by atoms with Crippen LogP contribution < -0.4 is 5.32 Å². The Balaban J connectivity index is 2.26. The van der Waals surface area contributed by atoms with Gasteiger partial charge in [0, 0.05) is 20.2 Å². The Morgan fingerprint density at radius 2 is 2.31 bits per heavy atom. The number of methoxy groups -OCH3 is 1. The molecule has 1 heterocycles. The SMILES string of the molecule is CC/C(=C\C1CCC(C)O1)CNCCOC. The van der Waals surface area contributed by atoms with E-state index >= 15 is 0 Å². The highest BCUT2D eigenvalue weighted by atomic mass is 16.5. The second kappa shape index (κ2) is 7.82. The van der Waals surface area contributed by atoms with Gasteiger partial charge in [-0.15, -0.1) is 0 Å². The minimum Gasteiger partial charge on any atom is -0.383 e. The van der Waals surface area contributed by atoms with Gasteiger partial charge in [0.25, 0.3) is 0 Å². The molecule has 2 unspecified atom stereocenters. The van der Waals surface area contributed by atoms with E-state index in [1.165, 1.54) is 18.4 Å². The van der Waals surface area contributed by atoms with Gasteiger partial charge >= 0.3 is 0 Å². The first-order chi connectivity index (χ1) is 7.76. The molecule has 0 spiro atoms. The van der Waals surface area contributed by atoms with E-state index in [4.69, 9.17) is 9.47 Å². The highest BCUT2D eigenvalue weighted by molar-refractivity contribution is 5.08. The largest absolute Gasteiger partial charge is 0.383 e. The molecule has 16 heavy (non-hydrogen) atoms. The Morgan fingerprint density at radius 1 is 1.50 bits per heavy atom. The molecule has 1 saturated heterocycles. The molecule has 1 rings (SSSR count). The van der Waals surface area contributed by atoms with Crippen LogP contribution in [-0.2, 0) is 9.47 Å². The second-order valence-electron chi connectivity index (χ2n) is 4.41. The van der Waals surface area contributed by atoms with Crippen LogP contribution in [0, 0.1) is 0 Å². The third-order valence-electron chi connectivity index (χ3n) is 2.98. The minimum absolute atomic E-state index is 0.342. The van der Waals surface area contributed by atoms with E-state index in [-0.39, 0.29) is 0 Å². The second-order valence-corrected chi connectivity index (χ2v) is 4.41. The van der Waals surface area contributed by atoms with Crippen molar-refractivity contribution < 1.29 is 9.47 Å². The number of ether oxygens (including phenoxy) is 2. The monoisotopic (exact) mass is 227 g/mol. The molecule has 0 aromatic heterocycles. The molecule has 1 N–H and O–H groups in total. The van der Waals surface area contributed by atoms with Crippen molar-refractivity contribution in [2.24, 2.45) is 0 Å². The van der Waals surface area contributed by atoms with E-state index in [0.717, 1.165) is 26.1 Å². The van der Waals surface area contributed by atoms with Gasteiger partial charge in [-0.3, -0.25) is 0 Å². The Labute approximate surface area is 99.2 Å². The van der Waals surface area contributed by atoms with Gasteiger partial charge in [-0.2, -0.15) is 0 Å². The van der Waals surface area contributed by atoms with E-state index in [2.05, 4.69) is 25.2 Å². The molecule has 1 aliphatic rings. The van der Waals surface area contributed by atoms with E-state index in [1.807, 2.05) is 0 Å². The molecule has 0 bridgehead atoms. The Hall–Kier alpha value is -0.380. The molecule has 0 aliphatic carbocycles. The first-order valence-corrected chi connectivity index (χ1v) is 6.31. The summed E-state index contributed by atoms with van der Waals surface area (Å²) < 4.78 is 10.8. The molecule has 1 aliphatic heterocycles. The molecule has 94 valence electrons. The highest BCUT2D eigenvalue weighted by Crippen LogP contribution is 2.21. The standard InChI is InChI=1S/C13H25NO2/c1-4-12(10-14-7-8-15-3)9-13-6-5-11(2)16-13/h9,11,13-14H,4-8,10H2,1-3H3/b12-9+. The van der Waals surface area contributed by atoms with E-state index in [9.17, 15) is 0 Å². The summed E-state index contributed by atoms with van der Waals surface area (Å²) in [6.07, 6.45) is 6.52. The normalized spacial score (nSPS) is 26.3. The van der Waals surface area contributed by atoms with Crippen LogP contribution in [0.5, 0.6) is 0 Å². The summed E-state index contributed by atoms with van der Waals surface area (Å²) in [5.74, 6) is 0. The lowest BCUT2D eigenvalue weighted by atomic mass is 10.1. The molecule has 2 atom stereocenters. The van der Waals surface area contributed by atoms with E-state index in [1.54, 1.807) is 7.11 Å². The van der Waals surface area contributed by atoms with Crippen LogP contribution in [0.1, 0.15) is 33.1 Å². The first-order valence-electron chi connectivity index (χ1n) is 6.31. The summed E-state index contributed by atoms with van der Waals surface area (Å²) in [5, 5.41) is 3.37. The molecule has 0 radical (unpaired) electrons. The third kappa shape index (κ3) is 5.10. The molecular weight excluding hydrogens is 202 g/mol. The predicted molar refractivity (Wildman–Crippen MR) is 66.7 cm³/mol. The zero-order chi connectivity index (χ0) is 11.8. The van der Waals surface area contributed by atoms with Crippen molar-refractivity contribution in [3.63, 3.8) is 0 Å². The number of hydrogen-bond donors (Lipinski definition) is 1. The average molecular weight is 227 g/mol. The Morgan fingerprint density at radius 3 is 2.88 bits per heavy atom. The van der Waals surface area contributed by atoms with Gasteiger partial charge in [0.2, 0.25) is 0 Å².